The third-order valence-corrected chi connectivity index (χ3v) is 5.09. The average molecular weight is 506 g/mol. The summed E-state index contributed by atoms with van der Waals surface area (Å²) in [5.41, 5.74) is 21.4. The molecule has 0 aliphatic rings. The molecule has 0 aliphatic heterocycles. The quantitative estimate of drug-likeness (QED) is 0.0658. The number of hydrogen-bond donors (Lipinski definition) is 9. The molecule has 0 aromatic rings. The Hall–Kier alpha value is -2.91. The van der Waals surface area contributed by atoms with Gasteiger partial charge in [0.2, 0.25) is 29.5 Å². The van der Waals surface area contributed by atoms with Gasteiger partial charge in [0.1, 0.15) is 18.1 Å². The fourth-order valence-corrected chi connectivity index (χ4v) is 3.01. The molecule has 0 aliphatic carbocycles. The number of rotatable bonds is 18. The SMILES string of the molecule is NCCCCC(N)C(=O)NC(CCC(N)=O)C(=O)NC(CS)C(=O)NC(CCC(N)=O)C(=O)O. The van der Waals surface area contributed by atoms with Crippen LogP contribution in [-0.4, -0.2) is 77.1 Å². The van der Waals surface area contributed by atoms with E-state index in [2.05, 4.69) is 28.6 Å². The smallest absolute Gasteiger partial charge is 0.326 e. The Morgan fingerprint density at radius 2 is 1.21 bits per heavy atom. The van der Waals surface area contributed by atoms with E-state index in [-0.39, 0.29) is 31.4 Å². The van der Waals surface area contributed by atoms with Crippen LogP contribution in [0.25, 0.3) is 0 Å². The van der Waals surface area contributed by atoms with Crippen LogP contribution in [0.4, 0.5) is 0 Å². The van der Waals surface area contributed by atoms with Crippen molar-refractivity contribution in [2.45, 2.75) is 69.1 Å². The number of thiol groups is 1. The topological polar surface area (TPSA) is 263 Å². The van der Waals surface area contributed by atoms with E-state index in [0.717, 1.165) is 0 Å². The lowest BCUT2D eigenvalue weighted by Crippen LogP contribution is -2.57. The van der Waals surface area contributed by atoms with Gasteiger partial charge in [-0.2, -0.15) is 12.6 Å². The number of nitrogens with two attached hydrogens (primary N) is 4. The standard InChI is InChI=1S/C19H35N7O7S/c20-8-2-1-3-10(21)16(29)24-11(4-6-14(22)27)17(30)26-13(9-34)18(31)25-12(19(32)33)5-7-15(23)28/h10-13,34H,1-9,20-21H2,(H2,22,27)(H2,23,28)(H,24,29)(H,25,31)(H,26,30)(H,32,33). The predicted octanol–water partition coefficient (Wildman–Crippen LogP) is -3.56. The normalized spacial score (nSPS) is 14.2. The number of nitrogens with one attached hydrogen (secondary N) is 3. The average Bonchev–Trinajstić information content (AvgIpc) is 2.76. The second-order valence-electron chi connectivity index (χ2n) is 7.61. The van der Waals surface area contributed by atoms with Crippen LogP contribution in [0, 0.1) is 0 Å². The first-order valence-electron chi connectivity index (χ1n) is 10.7. The number of unbranched alkanes of at least 4 members (excludes halogenated alkanes) is 1. The summed E-state index contributed by atoms with van der Waals surface area (Å²) in [5.74, 6) is -5.38. The highest BCUT2D eigenvalue weighted by atomic mass is 32.1. The highest BCUT2D eigenvalue weighted by molar-refractivity contribution is 7.80. The molecule has 4 unspecified atom stereocenters. The van der Waals surface area contributed by atoms with E-state index in [1.807, 2.05) is 0 Å². The first-order valence-corrected chi connectivity index (χ1v) is 11.3. The number of carbonyl (C=O) groups is 6. The molecule has 4 atom stereocenters. The fraction of sp³-hybridized carbons (Fsp3) is 0.684. The minimum Gasteiger partial charge on any atom is -0.480 e. The summed E-state index contributed by atoms with van der Waals surface area (Å²) in [6, 6.07) is -4.85. The number of carbonyl (C=O) groups excluding carboxylic acids is 5. The summed E-state index contributed by atoms with van der Waals surface area (Å²) in [7, 11) is 0. The van der Waals surface area contributed by atoms with Gasteiger partial charge in [-0.3, -0.25) is 24.0 Å². The molecule has 0 spiro atoms. The van der Waals surface area contributed by atoms with Crippen LogP contribution in [0.15, 0.2) is 0 Å². The number of aliphatic carboxylic acids is 1. The van der Waals surface area contributed by atoms with Crippen LogP contribution in [0.3, 0.4) is 0 Å². The van der Waals surface area contributed by atoms with Gasteiger partial charge in [0, 0.05) is 18.6 Å². The highest BCUT2D eigenvalue weighted by Gasteiger charge is 2.30. The summed E-state index contributed by atoms with van der Waals surface area (Å²) in [5, 5.41) is 16.2. The molecule has 15 heteroatoms. The van der Waals surface area contributed by atoms with Gasteiger partial charge in [0.05, 0.1) is 6.04 Å². The second kappa shape index (κ2) is 16.7. The lowest BCUT2D eigenvalue weighted by molar-refractivity contribution is -0.142. The van der Waals surface area contributed by atoms with Crippen LogP contribution in [0.5, 0.6) is 0 Å². The molecular formula is C19H35N7O7S. The van der Waals surface area contributed by atoms with Crippen LogP contribution < -0.4 is 38.9 Å². The van der Waals surface area contributed by atoms with Gasteiger partial charge in [-0.25, -0.2) is 4.79 Å². The Bertz CT molecular complexity index is 738. The third-order valence-electron chi connectivity index (χ3n) is 4.73. The Kier molecular flexibility index (Phi) is 15.2. The summed E-state index contributed by atoms with van der Waals surface area (Å²) < 4.78 is 0. The minimum absolute atomic E-state index is 0.153. The largest absolute Gasteiger partial charge is 0.480 e. The van der Waals surface area contributed by atoms with Gasteiger partial charge >= 0.3 is 5.97 Å². The van der Waals surface area contributed by atoms with E-state index in [9.17, 15) is 33.9 Å². The van der Waals surface area contributed by atoms with Crippen molar-refractivity contribution >= 4 is 48.1 Å². The van der Waals surface area contributed by atoms with Crippen molar-refractivity contribution in [2.24, 2.45) is 22.9 Å². The first kappa shape index (κ1) is 31.1. The van der Waals surface area contributed by atoms with Crippen LogP contribution in [0.1, 0.15) is 44.9 Å². The summed E-state index contributed by atoms with van der Waals surface area (Å²) in [4.78, 5) is 71.0. The molecule has 12 N–H and O–H groups in total. The molecule has 0 saturated carbocycles. The summed E-state index contributed by atoms with van der Waals surface area (Å²) in [6.07, 6.45) is 0.696. The molecular weight excluding hydrogens is 470 g/mol. The van der Waals surface area contributed by atoms with Crippen molar-refractivity contribution in [1.82, 2.24) is 16.0 Å². The van der Waals surface area contributed by atoms with Crippen molar-refractivity contribution < 1.29 is 33.9 Å². The van der Waals surface area contributed by atoms with E-state index in [1.165, 1.54) is 0 Å². The van der Waals surface area contributed by atoms with Crippen molar-refractivity contribution in [3.05, 3.63) is 0 Å². The zero-order valence-electron chi connectivity index (χ0n) is 18.8. The zero-order chi connectivity index (χ0) is 26.3. The van der Waals surface area contributed by atoms with Crippen molar-refractivity contribution in [3.63, 3.8) is 0 Å². The predicted molar refractivity (Wildman–Crippen MR) is 125 cm³/mol. The maximum atomic E-state index is 12.8. The van der Waals surface area contributed by atoms with Crippen LogP contribution >= 0.6 is 12.6 Å². The lowest BCUT2D eigenvalue weighted by atomic mass is 10.1. The van der Waals surface area contributed by atoms with Gasteiger partial charge in [-0.05, 0) is 32.2 Å². The van der Waals surface area contributed by atoms with Gasteiger partial charge in [-0.15, -0.1) is 0 Å². The molecule has 0 saturated heterocycles. The van der Waals surface area contributed by atoms with Gasteiger partial charge in [0.25, 0.3) is 0 Å². The summed E-state index contributed by atoms with van der Waals surface area (Å²) >= 11 is 4.00. The Morgan fingerprint density at radius 3 is 1.68 bits per heavy atom. The number of primary amides is 2. The Balaban J connectivity index is 5.24. The molecule has 5 amide bonds. The van der Waals surface area contributed by atoms with E-state index in [4.69, 9.17) is 22.9 Å². The van der Waals surface area contributed by atoms with Crippen LogP contribution in [0.2, 0.25) is 0 Å². The molecule has 0 fully saturated rings. The van der Waals surface area contributed by atoms with E-state index < -0.39 is 59.7 Å². The maximum absolute atomic E-state index is 12.8. The van der Waals surface area contributed by atoms with Crippen molar-refractivity contribution in [1.29, 1.82) is 0 Å². The van der Waals surface area contributed by atoms with E-state index in [0.29, 0.717) is 25.8 Å². The lowest BCUT2D eigenvalue weighted by Gasteiger charge is -2.24. The third kappa shape index (κ3) is 13.0. The Morgan fingerprint density at radius 1 is 0.735 bits per heavy atom. The van der Waals surface area contributed by atoms with Crippen LogP contribution in [-0.2, 0) is 28.8 Å². The molecule has 0 heterocycles. The summed E-state index contributed by atoms with van der Waals surface area (Å²) in [6.45, 7) is 0.441. The number of amides is 5. The highest BCUT2D eigenvalue weighted by Crippen LogP contribution is 2.04. The first-order chi connectivity index (χ1) is 15.9. The monoisotopic (exact) mass is 505 g/mol. The maximum Gasteiger partial charge on any atom is 0.326 e. The Labute approximate surface area is 202 Å². The number of carboxylic acids is 1. The molecule has 194 valence electrons. The fourth-order valence-electron chi connectivity index (χ4n) is 2.76. The van der Waals surface area contributed by atoms with Gasteiger partial charge in [-0.1, -0.05) is 6.42 Å². The number of hydrogen-bond acceptors (Lipinski definition) is 9. The zero-order valence-corrected chi connectivity index (χ0v) is 19.7. The van der Waals surface area contributed by atoms with E-state index >= 15 is 0 Å². The second-order valence-corrected chi connectivity index (χ2v) is 7.97. The van der Waals surface area contributed by atoms with E-state index in [1.54, 1.807) is 0 Å². The number of carboxylic acid groups (broad SMARTS) is 1. The molecule has 14 nitrogen and oxygen atoms in total. The molecule has 0 bridgehead atoms. The molecule has 0 radical (unpaired) electrons. The van der Waals surface area contributed by atoms with Crippen molar-refractivity contribution in [2.75, 3.05) is 12.3 Å². The van der Waals surface area contributed by atoms with Crippen molar-refractivity contribution in [3.8, 4) is 0 Å². The minimum atomic E-state index is -1.42. The molecule has 34 heavy (non-hydrogen) atoms. The molecule has 0 aromatic carbocycles. The van der Waals surface area contributed by atoms with Gasteiger partial charge in [0.15, 0.2) is 0 Å². The van der Waals surface area contributed by atoms with Gasteiger partial charge < -0.3 is 44.0 Å². The molecule has 0 aromatic heterocycles. The molecule has 0 rings (SSSR count).